The highest BCUT2D eigenvalue weighted by atomic mass is 32.1. The molecule has 0 aliphatic carbocycles. The molecule has 0 spiro atoms. The van der Waals surface area contributed by atoms with Crippen molar-refractivity contribution in [1.82, 2.24) is 19.9 Å². The van der Waals surface area contributed by atoms with Gasteiger partial charge >= 0.3 is 0 Å². The van der Waals surface area contributed by atoms with Crippen LogP contribution in [0.5, 0.6) is 0 Å². The highest BCUT2D eigenvalue weighted by Crippen LogP contribution is 2.24. The van der Waals surface area contributed by atoms with E-state index in [1.807, 2.05) is 13.2 Å². The van der Waals surface area contributed by atoms with Gasteiger partial charge in [-0.25, -0.2) is 4.98 Å². The molecule has 3 aromatic heterocycles. The van der Waals surface area contributed by atoms with E-state index in [0.29, 0.717) is 22.8 Å². The van der Waals surface area contributed by atoms with Crippen molar-refractivity contribution < 1.29 is 9.32 Å². The summed E-state index contributed by atoms with van der Waals surface area (Å²) in [4.78, 5) is 16.5. The lowest BCUT2D eigenvalue weighted by atomic mass is 10.3. The van der Waals surface area contributed by atoms with Gasteiger partial charge in [0.25, 0.3) is 5.91 Å². The summed E-state index contributed by atoms with van der Waals surface area (Å²) in [6.07, 6.45) is 3.57. The van der Waals surface area contributed by atoms with Crippen molar-refractivity contribution in [2.75, 3.05) is 5.32 Å². The van der Waals surface area contributed by atoms with Crippen molar-refractivity contribution in [1.29, 1.82) is 0 Å². The molecule has 0 fully saturated rings. The molecule has 3 heterocycles. The van der Waals surface area contributed by atoms with Crippen LogP contribution in [0.15, 0.2) is 22.3 Å². The second-order valence-electron chi connectivity index (χ2n) is 4.59. The average molecular weight is 303 g/mol. The summed E-state index contributed by atoms with van der Waals surface area (Å²) >= 11 is 1.40. The molecule has 0 aliphatic rings. The van der Waals surface area contributed by atoms with Gasteiger partial charge < -0.3 is 9.84 Å². The highest BCUT2D eigenvalue weighted by Gasteiger charge is 2.17. The minimum absolute atomic E-state index is 0.282. The van der Waals surface area contributed by atoms with Crippen LogP contribution in [0.2, 0.25) is 0 Å². The third-order valence-electron chi connectivity index (χ3n) is 2.96. The lowest BCUT2D eigenvalue weighted by Gasteiger charge is -2.01. The van der Waals surface area contributed by atoms with E-state index in [2.05, 4.69) is 20.6 Å². The number of nitrogens with zero attached hydrogens (tertiary/aromatic N) is 4. The van der Waals surface area contributed by atoms with Crippen molar-refractivity contribution in [3.63, 3.8) is 0 Å². The number of nitrogens with one attached hydrogen (secondary N) is 1. The molecule has 0 bridgehead atoms. The maximum atomic E-state index is 12.2. The normalized spacial score (nSPS) is 10.8. The molecule has 7 nitrogen and oxygen atoms in total. The fourth-order valence-electron chi connectivity index (χ4n) is 1.88. The number of thiazole rings is 1. The first-order valence-electron chi connectivity index (χ1n) is 6.23. The number of aryl methyl sites for hydroxylation is 3. The summed E-state index contributed by atoms with van der Waals surface area (Å²) in [7, 11) is 1.84. The molecule has 3 rings (SSSR count). The molecule has 21 heavy (non-hydrogen) atoms. The Balaban J connectivity index is 1.81. The van der Waals surface area contributed by atoms with E-state index in [9.17, 15) is 4.79 Å². The van der Waals surface area contributed by atoms with Crippen molar-refractivity contribution in [2.45, 2.75) is 13.8 Å². The van der Waals surface area contributed by atoms with Crippen LogP contribution in [0.3, 0.4) is 0 Å². The van der Waals surface area contributed by atoms with Gasteiger partial charge in [0.1, 0.15) is 22.1 Å². The van der Waals surface area contributed by atoms with Gasteiger partial charge in [0.2, 0.25) is 0 Å². The summed E-state index contributed by atoms with van der Waals surface area (Å²) in [5.74, 6) is 0.291. The molecule has 0 aromatic carbocycles. The molecular formula is C13H13N5O2S. The van der Waals surface area contributed by atoms with E-state index in [-0.39, 0.29) is 5.91 Å². The molecule has 0 aliphatic heterocycles. The highest BCUT2D eigenvalue weighted by molar-refractivity contribution is 7.13. The zero-order valence-electron chi connectivity index (χ0n) is 11.7. The molecule has 1 N–H and O–H groups in total. The van der Waals surface area contributed by atoms with E-state index in [0.717, 1.165) is 10.6 Å². The fourth-order valence-corrected chi connectivity index (χ4v) is 2.66. The monoisotopic (exact) mass is 303 g/mol. The standard InChI is InChI=1S/C13H13N5O2S/c1-7-11(8(2)20-17-7)16-12(19)10-6-21-13(15-10)9-4-14-18(3)5-9/h4-6H,1-3H3,(H,16,19). The first-order chi connectivity index (χ1) is 10.0. The second kappa shape index (κ2) is 5.13. The number of carbonyl (C=O) groups is 1. The quantitative estimate of drug-likeness (QED) is 0.803. The Bertz CT molecular complexity index is 782. The smallest absolute Gasteiger partial charge is 0.275 e. The third kappa shape index (κ3) is 2.57. The van der Waals surface area contributed by atoms with E-state index in [1.54, 1.807) is 30.1 Å². The van der Waals surface area contributed by atoms with Gasteiger partial charge in [0.05, 0.1) is 6.20 Å². The summed E-state index contributed by atoms with van der Waals surface area (Å²) in [5.41, 5.74) is 2.48. The van der Waals surface area contributed by atoms with E-state index < -0.39 is 0 Å². The Morgan fingerprint density at radius 3 is 2.86 bits per heavy atom. The number of hydrogen-bond donors (Lipinski definition) is 1. The lowest BCUT2D eigenvalue weighted by molar-refractivity contribution is 0.102. The predicted octanol–water partition coefficient (Wildman–Crippen LogP) is 2.40. The van der Waals surface area contributed by atoms with Crippen molar-refractivity contribution in [2.24, 2.45) is 7.05 Å². The second-order valence-corrected chi connectivity index (χ2v) is 5.45. The maximum Gasteiger partial charge on any atom is 0.275 e. The zero-order valence-corrected chi connectivity index (χ0v) is 12.6. The van der Waals surface area contributed by atoms with Crippen LogP contribution in [0.4, 0.5) is 5.69 Å². The van der Waals surface area contributed by atoms with Crippen LogP contribution in [0.1, 0.15) is 21.9 Å². The number of hydrogen-bond acceptors (Lipinski definition) is 6. The molecule has 8 heteroatoms. The van der Waals surface area contributed by atoms with Gasteiger partial charge in [-0.1, -0.05) is 5.16 Å². The van der Waals surface area contributed by atoms with E-state index >= 15 is 0 Å². The van der Waals surface area contributed by atoms with Gasteiger partial charge in [-0.2, -0.15) is 5.10 Å². The molecule has 0 saturated heterocycles. The predicted molar refractivity (Wildman–Crippen MR) is 78.2 cm³/mol. The number of carbonyl (C=O) groups excluding carboxylic acids is 1. The molecule has 0 atom stereocenters. The first-order valence-corrected chi connectivity index (χ1v) is 7.11. The van der Waals surface area contributed by atoms with Crippen LogP contribution < -0.4 is 5.32 Å². The van der Waals surface area contributed by atoms with Crippen molar-refractivity contribution in [3.05, 3.63) is 34.9 Å². The summed E-state index contributed by atoms with van der Waals surface area (Å²) in [6, 6.07) is 0. The molecule has 1 amide bonds. The van der Waals surface area contributed by atoms with Gasteiger partial charge in [-0.3, -0.25) is 9.48 Å². The molecular weight excluding hydrogens is 290 g/mol. The van der Waals surface area contributed by atoms with Gasteiger partial charge in [-0.05, 0) is 13.8 Å². The topological polar surface area (TPSA) is 85.8 Å². The van der Waals surface area contributed by atoms with Crippen LogP contribution >= 0.6 is 11.3 Å². The number of rotatable bonds is 3. The molecule has 0 saturated carbocycles. The first kappa shape index (κ1) is 13.5. The zero-order chi connectivity index (χ0) is 15.0. The minimum atomic E-state index is -0.282. The minimum Gasteiger partial charge on any atom is -0.359 e. The lowest BCUT2D eigenvalue weighted by Crippen LogP contribution is -2.13. The number of aromatic nitrogens is 4. The number of amides is 1. The third-order valence-corrected chi connectivity index (χ3v) is 3.85. The van der Waals surface area contributed by atoms with E-state index in [4.69, 9.17) is 4.52 Å². The SMILES string of the molecule is Cc1noc(C)c1NC(=O)c1csc(-c2cnn(C)c2)n1. The molecule has 3 aromatic rings. The van der Waals surface area contributed by atoms with Crippen LogP contribution in [0.25, 0.3) is 10.6 Å². The molecule has 0 unspecified atom stereocenters. The van der Waals surface area contributed by atoms with Gasteiger partial charge in [0, 0.05) is 24.2 Å². The van der Waals surface area contributed by atoms with Crippen molar-refractivity contribution in [3.8, 4) is 10.6 Å². The Morgan fingerprint density at radius 1 is 1.43 bits per heavy atom. The van der Waals surface area contributed by atoms with Crippen LogP contribution in [0, 0.1) is 13.8 Å². The number of anilines is 1. The van der Waals surface area contributed by atoms with Gasteiger partial charge in [0.15, 0.2) is 5.76 Å². The Hall–Kier alpha value is -2.48. The molecule has 0 radical (unpaired) electrons. The largest absolute Gasteiger partial charge is 0.359 e. The van der Waals surface area contributed by atoms with E-state index in [1.165, 1.54) is 11.3 Å². The van der Waals surface area contributed by atoms with Crippen LogP contribution in [-0.4, -0.2) is 25.8 Å². The molecule has 108 valence electrons. The average Bonchev–Trinajstić information content (AvgIpc) is 3.15. The summed E-state index contributed by atoms with van der Waals surface area (Å²) < 4.78 is 6.71. The Kier molecular flexibility index (Phi) is 3.30. The van der Waals surface area contributed by atoms with Crippen LogP contribution in [-0.2, 0) is 7.05 Å². The maximum absolute atomic E-state index is 12.2. The summed E-state index contributed by atoms with van der Waals surface area (Å²) in [6.45, 7) is 3.52. The van der Waals surface area contributed by atoms with Gasteiger partial charge in [-0.15, -0.1) is 11.3 Å². The Labute approximate surface area is 124 Å². The fraction of sp³-hybridized carbons (Fsp3) is 0.231. The Morgan fingerprint density at radius 2 is 2.24 bits per heavy atom. The summed E-state index contributed by atoms with van der Waals surface area (Å²) in [5, 5.41) is 13.1. The van der Waals surface area contributed by atoms with Crippen molar-refractivity contribution >= 4 is 22.9 Å².